The highest BCUT2D eigenvalue weighted by Gasteiger charge is 2.37. The van der Waals surface area contributed by atoms with Gasteiger partial charge in [-0.2, -0.15) is 0 Å². The molecule has 106 valence electrons. The van der Waals surface area contributed by atoms with Crippen LogP contribution in [0.1, 0.15) is 32.3 Å². The molecule has 1 aromatic carbocycles. The quantitative estimate of drug-likeness (QED) is 0.889. The van der Waals surface area contributed by atoms with Crippen molar-refractivity contribution in [3.63, 3.8) is 0 Å². The van der Waals surface area contributed by atoms with E-state index in [1.165, 1.54) is 6.07 Å². The fourth-order valence-electron chi connectivity index (χ4n) is 2.79. The second-order valence-corrected chi connectivity index (χ2v) is 6.27. The molecule has 2 nitrogen and oxygen atoms in total. The zero-order valence-electron chi connectivity index (χ0n) is 11.5. The summed E-state index contributed by atoms with van der Waals surface area (Å²) in [5, 5.41) is 3.49. The van der Waals surface area contributed by atoms with Gasteiger partial charge in [0.15, 0.2) is 0 Å². The Bertz CT molecular complexity index is 412. The van der Waals surface area contributed by atoms with Crippen LogP contribution in [0, 0.1) is 5.82 Å². The van der Waals surface area contributed by atoms with Crippen molar-refractivity contribution in [2.75, 3.05) is 13.2 Å². The average molecular weight is 330 g/mol. The van der Waals surface area contributed by atoms with Gasteiger partial charge in [-0.05, 0) is 56.5 Å². The van der Waals surface area contributed by atoms with Crippen molar-refractivity contribution in [3.8, 4) is 0 Å². The number of benzene rings is 1. The van der Waals surface area contributed by atoms with Crippen LogP contribution in [0.5, 0.6) is 0 Å². The average Bonchev–Trinajstić information content (AvgIpc) is 2.75. The van der Waals surface area contributed by atoms with Gasteiger partial charge in [-0.25, -0.2) is 4.39 Å². The van der Waals surface area contributed by atoms with Crippen LogP contribution in [0.15, 0.2) is 22.7 Å². The predicted octanol–water partition coefficient (Wildman–Crippen LogP) is 3.68. The maximum absolute atomic E-state index is 13.5. The van der Waals surface area contributed by atoms with Crippen LogP contribution in [-0.4, -0.2) is 24.8 Å². The van der Waals surface area contributed by atoms with Crippen molar-refractivity contribution in [2.45, 2.75) is 44.8 Å². The van der Waals surface area contributed by atoms with E-state index in [1.54, 1.807) is 6.07 Å². The van der Waals surface area contributed by atoms with Crippen molar-refractivity contribution >= 4 is 15.9 Å². The number of halogens is 2. The molecule has 2 unspecified atom stereocenters. The smallest absolute Gasteiger partial charge is 0.124 e. The molecule has 1 N–H and O–H groups in total. The SMILES string of the molecule is CCNC(Cc1cc(F)cc(Br)c1)C1(C)CCCO1. The molecule has 1 aliphatic heterocycles. The van der Waals surface area contributed by atoms with Gasteiger partial charge in [0.1, 0.15) is 5.82 Å². The lowest BCUT2D eigenvalue weighted by molar-refractivity contribution is -0.0110. The van der Waals surface area contributed by atoms with E-state index >= 15 is 0 Å². The fourth-order valence-corrected chi connectivity index (χ4v) is 3.30. The summed E-state index contributed by atoms with van der Waals surface area (Å²) in [6, 6.07) is 5.28. The standard InChI is InChI=1S/C15H21BrFNO/c1-3-18-14(15(2)5-4-6-19-15)9-11-7-12(16)10-13(17)8-11/h7-8,10,14,18H,3-6,9H2,1-2H3. The van der Waals surface area contributed by atoms with Gasteiger partial charge >= 0.3 is 0 Å². The third-order valence-electron chi connectivity index (χ3n) is 3.80. The van der Waals surface area contributed by atoms with Gasteiger partial charge in [-0.3, -0.25) is 0 Å². The van der Waals surface area contributed by atoms with Gasteiger partial charge in [0.25, 0.3) is 0 Å². The summed E-state index contributed by atoms with van der Waals surface area (Å²) in [6.07, 6.45) is 2.94. The van der Waals surface area contributed by atoms with Gasteiger partial charge in [-0.1, -0.05) is 22.9 Å². The maximum Gasteiger partial charge on any atom is 0.124 e. The molecule has 19 heavy (non-hydrogen) atoms. The molecule has 1 saturated heterocycles. The number of rotatable bonds is 5. The highest BCUT2D eigenvalue weighted by molar-refractivity contribution is 9.10. The van der Waals surface area contributed by atoms with Gasteiger partial charge < -0.3 is 10.1 Å². The summed E-state index contributed by atoms with van der Waals surface area (Å²) < 4.78 is 20.2. The minimum atomic E-state index is -0.197. The number of hydrogen-bond acceptors (Lipinski definition) is 2. The molecule has 0 saturated carbocycles. The van der Waals surface area contributed by atoms with Gasteiger partial charge in [0.2, 0.25) is 0 Å². The number of hydrogen-bond donors (Lipinski definition) is 1. The Balaban J connectivity index is 2.15. The minimum absolute atomic E-state index is 0.144. The molecule has 0 aliphatic carbocycles. The number of ether oxygens (including phenoxy) is 1. The van der Waals surface area contributed by atoms with E-state index in [4.69, 9.17) is 4.74 Å². The van der Waals surface area contributed by atoms with Crippen molar-refractivity contribution in [1.82, 2.24) is 5.32 Å². The summed E-state index contributed by atoms with van der Waals surface area (Å²) in [5.74, 6) is -0.197. The molecule has 2 rings (SSSR count). The summed E-state index contributed by atoms with van der Waals surface area (Å²) in [7, 11) is 0. The Hall–Kier alpha value is -0.450. The molecule has 4 heteroatoms. The molecule has 1 aliphatic rings. The molecule has 0 bridgehead atoms. The first-order chi connectivity index (χ1) is 9.03. The van der Waals surface area contributed by atoms with Crippen LogP contribution >= 0.6 is 15.9 Å². The third-order valence-corrected chi connectivity index (χ3v) is 4.26. The number of nitrogens with one attached hydrogen (secondary N) is 1. The molecule has 1 fully saturated rings. The van der Waals surface area contributed by atoms with E-state index in [1.807, 2.05) is 6.07 Å². The Kier molecular flexibility index (Phi) is 4.98. The summed E-state index contributed by atoms with van der Waals surface area (Å²) in [5.41, 5.74) is 0.851. The lowest BCUT2D eigenvalue weighted by atomic mass is 9.88. The number of likely N-dealkylation sites (N-methyl/N-ethyl adjacent to an activating group) is 1. The van der Waals surface area contributed by atoms with Crippen molar-refractivity contribution in [1.29, 1.82) is 0 Å². The van der Waals surface area contributed by atoms with Crippen LogP contribution in [0.3, 0.4) is 0 Å². The first-order valence-corrected chi connectivity index (χ1v) is 7.65. The molecule has 0 aromatic heterocycles. The van der Waals surface area contributed by atoms with Gasteiger partial charge in [-0.15, -0.1) is 0 Å². The summed E-state index contributed by atoms with van der Waals surface area (Å²) >= 11 is 3.35. The zero-order chi connectivity index (χ0) is 13.9. The fraction of sp³-hybridized carbons (Fsp3) is 0.600. The molecular formula is C15H21BrFNO. The van der Waals surface area contributed by atoms with E-state index in [-0.39, 0.29) is 17.5 Å². The normalized spacial score (nSPS) is 24.6. The first kappa shape index (κ1) is 14.9. The van der Waals surface area contributed by atoms with Crippen LogP contribution < -0.4 is 5.32 Å². The topological polar surface area (TPSA) is 21.3 Å². The molecule has 2 atom stereocenters. The van der Waals surface area contributed by atoms with Crippen molar-refractivity contribution in [3.05, 3.63) is 34.1 Å². The Labute approximate surface area is 122 Å². The highest BCUT2D eigenvalue weighted by atomic mass is 79.9. The molecular weight excluding hydrogens is 309 g/mol. The molecule has 1 heterocycles. The molecule has 0 radical (unpaired) electrons. The second kappa shape index (κ2) is 6.33. The van der Waals surface area contributed by atoms with Crippen molar-refractivity contribution in [2.24, 2.45) is 0 Å². The van der Waals surface area contributed by atoms with E-state index in [0.29, 0.717) is 0 Å². The van der Waals surface area contributed by atoms with Crippen LogP contribution in [0.25, 0.3) is 0 Å². The van der Waals surface area contributed by atoms with E-state index in [9.17, 15) is 4.39 Å². The third kappa shape index (κ3) is 3.77. The predicted molar refractivity (Wildman–Crippen MR) is 78.9 cm³/mol. The van der Waals surface area contributed by atoms with E-state index < -0.39 is 0 Å². The minimum Gasteiger partial charge on any atom is -0.374 e. The zero-order valence-corrected chi connectivity index (χ0v) is 13.1. The lowest BCUT2D eigenvalue weighted by Crippen LogP contribution is -2.49. The first-order valence-electron chi connectivity index (χ1n) is 6.86. The Morgan fingerprint density at radius 2 is 2.26 bits per heavy atom. The monoisotopic (exact) mass is 329 g/mol. The highest BCUT2D eigenvalue weighted by Crippen LogP contribution is 2.31. The van der Waals surface area contributed by atoms with Gasteiger partial charge in [0.05, 0.1) is 5.60 Å². The van der Waals surface area contributed by atoms with Crippen LogP contribution in [0.2, 0.25) is 0 Å². The van der Waals surface area contributed by atoms with Crippen LogP contribution in [0.4, 0.5) is 4.39 Å². The second-order valence-electron chi connectivity index (χ2n) is 5.36. The van der Waals surface area contributed by atoms with E-state index in [2.05, 4.69) is 35.1 Å². The molecule has 1 aromatic rings. The van der Waals surface area contributed by atoms with Crippen LogP contribution in [-0.2, 0) is 11.2 Å². The van der Waals surface area contributed by atoms with Crippen molar-refractivity contribution < 1.29 is 9.13 Å². The maximum atomic E-state index is 13.5. The molecule has 0 spiro atoms. The lowest BCUT2D eigenvalue weighted by Gasteiger charge is -2.34. The van der Waals surface area contributed by atoms with E-state index in [0.717, 1.165) is 42.5 Å². The summed E-state index contributed by atoms with van der Waals surface area (Å²) in [6.45, 7) is 5.96. The van der Waals surface area contributed by atoms with Gasteiger partial charge in [0, 0.05) is 17.1 Å². The Morgan fingerprint density at radius 3 is 2.84 bits per heavy atom. The largest absolute Gasteiger partial charge is 0.374 e. The summed E-state index contributed by atoms with van der Waals surface area (Å²) in [4.78, 5) is 0. The Morgan fingerprint density at radius 1 is 1.47 bits per heavy atom. The molecule has 0 amide bonds.